The Bertz CT molecular complexity index is 490. The third-order valence-electron chi connectivity index (χ3n) is 6.84. The van der Waals surface area contributed by atoms with Gasteiger partial charge < -0.3 is 4.79 Å². The van der Waals surface area contributed by atoms with Gasteiger partial charge in [-0.05, 0) is 66.8 Å². The summed E-state index contributed by atoms with van der Waals surface area (Å²) in [6.45, 7) is 11.5. The summed E-state index contributed by atoms with van der Waals surface area (Å²) in [4.78, 5) is 21.8. The first-order chi connectivity index (χ1) is 10.4. The summed E-state index contributed by atoms with van der Waals surface area (Å²) in [5.74, 6) is 1.27. The van der Waals surface area contributed by atoms with Crippen molar-refractivity contribution in [1.29, 1.82) is 0 Å². The Morgan fingerprint density at radius 1 is 1.32 bits per heavy atom. The number of aldehydes is 2. The Kier molecular flexibility index (Phi) is 5.09. The lowest BCUT2D eigenvalue weighted by atomic mass is 9.46. The lowest BCUT2D eigenvalue weighted by Crippen LogP contribution is -2.50. The fourth-order valence-corrected chi connectivity index (χ4v) is 4.94. The quantitative estimate of drug-likeness (QED) is 0.411. The Labute approximate surface area is 135 Å². The highest BCUT2D eigenvalue weighted by Gasteiger charge is 2.53. The predicted octanol–water partition coefficient (Wildman–Crippen LogP) is 4.89. The van der Waals surface area contributed by atoms with Gasteiger partial charge in [-0.25, -0.2) is 0 Å². The maximum Gasteiger partial charge on any atom is 0.146 e. The molecule has 2 heteroatoms. The van der Waals surface area contributed by atoms with Gasteiger partial charge in [0.1, 0.15) is 12.6 Å². The molecule has 0 aliphatic heterocycles. The summed E-state index contributed by atoms with van der Waals surface area (Å²) in [5, 5.41) is 0. The van der Waals surface area contributed by atoms with Gasteiger partial charge in [-0.2, -0.15) is 0 Å². The average Bonchev–Trinajstić information content (AvgIpc) is 2.50. The standard InChI is InChI=1S/C20H30O2/c1-15-6-5-7-18-19(15,3)11-8-16(2)20(18,4)12-9-17(14-22)10-13-21/h9,13-14,16,18H,1,5-8,10-12H2,2-4H3. The Hall–Kier alpha value is -1.18. The Morgan fingerprint density at radius 3 is 2.68 bits per heavy atom. The molecule has 0 bridgehead atoms. The molecular weight excluding hydrogens is 272 g/mol. The van der Waals surface area contributed by atoms with Crippen molar-refractivity contribution in [3.8, 4) is 0 Å². The number of hydrogen-bond donors (Lipinski definition) is 0. The predicted molar refractivity (Wildman–Crippen MR) is 90.5 cm³/mol. The molecule has 22 heavy (non-hydrogen) atoms. The van der Waals surface area contributed by atoms with E-state index in [-0.39, 0.29) is 17.3 Å². The van der Waals surface area contributed by atoms with Gasteiger partial charge in [-0.15, -0.1) is 0 Å². The minimum absolute atomic E-state index is 0.188. The molecule has 0 aromatic rings. The number of fused-ring (bicyclic) bond motifs is 1. The molecule has 2 aliphatic rings. The van der Waals surface area contributed by atoms with Gasteiger partial charge >= 0.3 is 0 Å². The molecule has 2 saturated carbocycles. The summed E-state index contributed by atoms with van der Waals surface area (Å²) >= 11 is 0. The lowest BCUT2D eigenvalue weighted by Gasteiger charge is -2.58. The number of carbonyl (C=O) groups is 2. The third-order valence-corrected chi connectivity index (χ3v) is 6.84. The number of allylic oxidation sites excluding steroid dienone is 3. The molecular formula is C20H30O2. The minimum atomic E-state index is 0.188. The van der Waals surface area contributed by atoms with Crippen LogP contribution in [-0.4, -0.2) is 12.6 Å². The average molecular weight is 302 g/mol. The van der Waals surface area contributed by atoms with Crippen LogP contribution in [-0.2, 0) is 9.59 Å². The van der Waals surface area contributed by atoms with Crippen molar-refractivity contribution >= 4 is 12.6 Å². The van der Waals surface area contributed by atoms with Crippen molar-refractivity contribution < 1.29 is 9.59 Å². The molecule has 0 radical (unpaired) electrons. The number of carbonyl (C=O) groups excluding carboxylic acids is 2. The molecule has 4 atom stereocenters. The summed E-state index contributed by atoms with van der Waals surface area (Å²) < 4.78 is 0. The van der Waals surface area contributed by atoms with Crippen LogP contribution in [0.25, 0.3) is 0 Å². The molecule has 4 unspecified atom stereocenters. The van der Waals surface area contributed by atoms with Crippen LogP contribution in [0, 0.1) is 22.7 Å². The minimum Gasteiger partial charge on any atom is -0.303 e. The molecule has 0 saturated heterocycles. The van der Waals surface area contributed by atoms with Crippen LogP contribution in [0.3, 0.4) is 0 Å². The maximum absolute atomic E-state index is 11.1. The largest absolute Gasteiger partial charge is 0.303 e. The van der Waals surface area contributed by atoms with Gasteiger partial charge in [0, 0.05) is 6.42 Å². The first-order valence-electron chi connectivity index (χ1n) is 8.64. The first kappa shape index (κ1) is 17.2. The smallest absolute Gasteiger partial charge is 0.146 e. The second-order valence-corrected chi connectivity index (χ2v) is 7.88. The van der Waals surface area contributed by atoms with E-state index < -0.39 is 0 Å². The van der Waals surface area contributed by atoms with Gasteiger partial charge in [0.15, 0.2) is 0 Å². The van der Waals surface area contributed by atoms with E-state index in [4.69, 9.17) is 0 Å². The zero-order valence-corrected chi connectivity index (χ0v) is 14.4. The molecule has 2 rings (SSSR count). The van der Waals surface area contributed by atoms with Crippen molar-refractivity contribution in [1.82, 2.24) is 0 Å². The normalized spacial score (nSPS) is 39.2. The molecule has 0 N–H and O–H groups in total. The molecule has 2 nitrogen and oxygen atoms in total. The molecule has 0 spiro atoms. The van der Waals surface area contributed by atoms with Gasteiger partial charge in [0.25, 0.3) is 0 Å². The molecule has 0 aromatic heterocycles. The first-order valence-corrected chi connectivity index (χ1v) is 8.64. The molecule has 0 heterocycles. The van der Waals surface area contributed by atoms with E-state index in [9.17, 15) is 9.59 Å². The van der Waals surface area contributed by atoms with Crippen LogP contribution < -0.4 is 0 Å². The topological polar surface area (TPSA) is 34.1 Å². The summed E-state index contributed by atoms with van der Waals surface area (Å²) in [7, 11) is 0. The Morgan fingerprint density at radius 2 is 2.05 bits per heavy atom. The SMILES string of the molecule is C=C1CCCC2C1(C)CCC(C)C2(C)CC=C(C=O)CC=O. The zero-order chi connectivity index (χ0) is 16.4. The van der Waals surface area contributed by atoms with E-state index >= 15 is 0 Å². The van der Waals surface area contributed by atoms with Gasteiger partial charge in [0.2, 0.25) is 0 Å². The highest BCUT2D eigenvalue weighted by molar-refractivity contribution is 5.78. The van der Waals surface area contributed by atoms with E-state index in [1.807, 2.05) is 6.08 Å². The zero-order valence-electron chi connectivity index (χ0n) is 14.4. The van der Waals surface area contributed by atoms with E-state index in [0.29, 0.717) is 17.4 Å². The summed E-state index contributed by atoms with van der Waals surface area (Å²) in [6.07, 6.45) is 10.9. The van der Waals surface area contributed by atoms with Crippen molar-refractivity contribution in [2.24, 2.45) is 22.7 Å². The van der Waals surface area contributed by atoms with Crippen molar-refractivity contribution in [3.63, 3.8) is 0 Å². The lowest BCUT2D eigenvalue weighted by molar-refractivity contribution is -0.109. The van der Waals surface area contributed by atoms with E-state index in [0.717, 1.165) is 25.4 Å². The monoisotopic (exact) mass is 302 g/mol. The van der Waals surface area contributed by atoms with Crippen LogP contribution in [0.2, 0.25) is 0 Å². The van der Waals surface area contributed by atoms with E-state index in [1.54, 1.807) is 0 Å². The number of rotatable bonds is 5. The van der Waals surface area contributed by atoms with Crippen molar-refractivity contribution in [3.05, 3.63) is 23.8 Å². The molecule has 2 fully saturated rings. The highest BCUT2D eigenvalue weighted by Crippen LogP contribution is 2.62. The summed E-state index contributed by atoms with van der Waals surface area (Å²) in [6, 6.07) is 0. The van der Waals surface area contributed by atoms with Gasteiger partial charge in [-0.3, -0.25) is 4.79 Å². The fourth-order valence-electron chi connectivity index (χ4n) is 4.94. The van der Waals surface area contributed by atoms with Crippen LogP contribution in [0.4, 0.5) is 0 Å². The molecule has 122 valence electrons. The molecule has 2 aliphatic carbocycles. The van der Waals surface area contributed by atoms with Crippen molar-refractivity contribution in [2.45, 2.75) is 65.7 Å². The molecule has 0 amide bonds. The van der Waals surface area contributed by atoms with Crippen LogP contribution in [0.1, 0.15) is 65.7 Å². The van der Waals surface area contributed by atoms with E-state index in [2.05, 4.69) is 27.4 Å². The molecule has 0 aromatic carbocycles. The fraction of sp³-hybridized carbons (Fsp3) is 0.700. The number of hydrogen-bond acceptors (Lipinski definition) is 2. The van der Waals surface area contributed by atoms with E-state index in [1.165, 1.54) is 31.3 Å². The van der Waals surface area contributed by atoms with Gasteiger partial charge in [-0.1, -0.05) is 39.0 Å². The van der Waals surface area contributed by atoms with Gasteiger partial charge in [0.05, 0.1) is 0 Å². The second-order valence-electron chi connectivity index (χ2n) is 7.88. The summed E-state index contributed by atoms with van der Waals surface area (Å²) in [5.41, 5.74) is 2.49. The van der Waals surface area contributed by atoms with Crippen LogP contribution in [0.15, 0.2) is 23.8 Å². The maximum atomic E-state index is 11.1. The highest BCUT2D eigenvalue weighted by atomic mass is 16.1. The van der Waals surface area contributed by atoms with Crippen molar-refractivity contribution in [2.75, 3.05) is 0 Å². The Balaban J connectivity index is 2.30. The third kappa shape index (κ3) is 2.85. The van der Waals surface area contributed by atoms with Crippen LogP contribution >= 0.6 is 0 Å². The van der Waals surface area contributed by atoms with Crippen LogP contribution in [0.5, 0.6) is 0 Å². The second kappa shape index (κ2) is 6.52.